The van der Waals surface area contributed by atoms with Gasteiger partial charge >= 0.3 is 0 Å². The van der Waals surface area contributed by atoms with Gasteiger partial charge in [0, 0.05) is 11.4 Å². The van der Waals surface area contributed by atoms with Crippen LogP contribution in [0.5, 0.6) is 0 Å². The van der Waals surface area contributed by atoms with Gasteiger partial charge in [-0.3, -0.25) is 0 Å². The highest BCUT2D eigenvalue weighted by molar-refractivity contribution is 7.98. The zero-order valence-corrected chi connectivity index (χ0v) is 7.12. The Balaban J connectivity index is 3.13. The van der Waals surface area contributed by atoms with Crippen molar-refractivity contribution < 1.29 is 4.39 Å². The third-order valence-corrected chi connectivity index (χ3v) is 2.34. The molecule has 2 N–H and O–H groups in total. The first-order valence-corrected chi connectivity index (χ1v) is 4.53. The van der Waals surface area contributed by atoms with E-state index in [4.69, 9.17) is 5.73 Å². The van der Waals surface area contributed by atoms with E-state index < -0.39 is 0 Å². The van der Waals surface area contributed by atoms with Gasteiger partial charge in [-0.15, -0.1) is 11.8 Å². The number of nitrogens with two attached hydrogens (primary N) is 1. The van der Waals surface area contributed by atoms with Crippen molar-refractivity contribution >= 4 is 11.8 Å². The molecule has 0 spiro atoms. The van der Waals surface area contributed by atoms with Gasteiger partial charge in [-0.05, 0) is 17.9 Å². The zero-order valence-electron chi connectivity index (χ0n) is 6.30. The second-order valence-corrected chi connectivity index (χ2v) is 2.95. The molecule has 0 aliphatic carbocycles. The van der Waals surface area contributed by atoms with Crippen molar-refractivity contribution in [3.05, 3.63) is 29.6 Å². The number of hydrogen-bond donors (Lipinski definition) is 1. The molecule has 0 heterocycles. The number of thioether (sulfide) groups is 1. The summed E-state index contributed by atoms with van der Waals surface area (Å²) in [4.78, 5) is 0.662. The van der Waals surface area contributed by atoms with Crippen molar-refractivity contribution in [1.82, 2.24) is 0 Å². The summed E-state index contributed by atoms with van der Waals surface area (Å²) in [6.45, 7) is 0.397. The third kappa shape index (κ3) is 1.73. The smallest absolute Gasteiger partial charge is 0.137 e. The normalized spacial score (nSPS) is 10.1. The SMILES string of the molecule is CSc1c(F)cccc1CN. The highest BCUT2D eigenvalue weighted by Gasteiger charge is 2.04. The van der Waals surface area contributed by atoms with E-state index in [9.17, 15) is 4.39 Å². The fourth-order valence-corrected chi connectivity index (χ4v) is 1.62. The number of rotatable bonds is 2. The van der Waals surface area contributed by atoms with Crippen LogP contribution in [-0.4, -0.2) is 6.26 Å². The predicted molar refractivity (Wildman–Crippen MR) is 46.1 cm³/mol. The Morgan fingerprint density at radius 1 is 1.55 bits per heavy atom. The largest absolute Gasteiger partial charge is 0.326 e. The topological polar surface area (TPSA) is 26.0 Å². The lowest BCUT2D eigenvalue weighted by atomic mass is 10.2. The van der Waals surface area contributed by atoms with Gasteiger partial charge in [-0.25, -0.2) is 4.39 Å². The van der Waals surface area contributed by atoms with E-state index in [1.165, 1.54) is 17.8 Å². The van der Waals surface area contributed by atoms with Crippen LogP contribution in [0.3, 0.4) is 0 Å². The van der Waals surface area contributed by atoms with E-state index in [0.717, 1.165) is 5.56 Å². The van der Waals surface area contributed by atoms with E-state index in [-0.39, 0.29) is 5.82 Å². The van der Waals surface area contributed by atoms with Crippen LogP contribution in [0.2, 0.25) is 0 Å². The molecule has 1 nitrogen and oxygen atoms in total. The quantitative estimate of drug-likeness (QED) is 0.689. The summed E-state index contributed by atoms with van der Waals surface area (Å²) in [5.74, 6) is -0.180. The fourth-order valence-electron chi connectivity index (χ4n) is 0.943. The van der Waals surface area contributed by atoms with Crippen molar-refractivity contribution in [3.8, 4) is 0 Å². The zero-order chi connectivity index (χ0) is 8.27. The number of benzene rings is 1. The Bertz CT molecular complexity index is 250. The van der Waals surface area contributed by atoms with Gasteiger partial charge in [0.25, 0.3) is 0 Å². The van der Waals surface area contributed by atoms with Crippen LogP contribution in [0.25, 0.3) is 0 Å². The van der Waals surface area contributed by atoms with E-state index in [1.807, 2.05) is 12.3 Å². The summed E-state index contributed by atoms with van der Waals surface area (Å²) in [5, 5.41) is 0. The molecule has 0 aliphatic rings. The molecule has 0 fully saturated rings. The van der Waals surface area contributed by atoms with Crippen molar-refractivity contribution in [2.24, 2.45) is 5.73 Å². The lowest BCUT2D eigenvalue weighted by Gasteiger charge is -2.04. The van der Waals surface area contributed by atoms with Gasteiger partial charge in [0.2, 0.25) is 0 Å². The van der Waals surface area contributed by atoms with Crippen LogP contribution in [-0.2, 0) is 6.54 Å². The maximum absolute atomic E-state index is 13.0. The van der Waals surface area contributed by atoms with Gasteiger partial charge in [-0.1, -0.05) is 12.1 Å². The van der Waals surface area contributed by atoms with E-state index in [2.05, 4.69) is 0 Å². The van der Waals surface area contributed by atoms with Crippen LogP contribution in [0, 0.1) is 5.82 Å². The molecule has 0 aliphatic heterocycles. The van der Waals surface area contributed by atoms with Crippen LogP contribution >= 0.6 is 11.8 Å². The summed E-state index contributed by atoms with van der Waals surface area (Å²) < 4.78 is 13.0. The molecule has 0 amide bonds. The molecular weight excluding hydrogens is 161 g/mol. The van der Waals surface area contributed by atoms with Gasteiger partial charge in [0.05, 0.1) is 0 Å². The number of halogens is 1. The van der Waals surface area contributed by atoms with Crippen LogP contribution < -0.4 is 5.73 Å². The Hall–Kier alpha value is -0.540. The lowest BCUT2D eigenvalue weighted by molar-refractivity contribution is 0.597. The van der Waals surface area contributed by atoms with Crippen LogP contribution in [0.15, 0.2) is 23.1 Å². The van der Waals surface area contributed by atoms with Crippen molar-refractivity contribution in [1.29, 1.82) is 0 Å². The Labute approximate surface area is 69.8 Å². The predicted octanol–water partition coefficient (Wildman–Crippen LogP) is 2.01. The summed E-state index contributed by atoms with van der Waals surface area (Å²) in [6, 6.07) is 4.97. The average molecular weight is 171 g/mol. The minimum absolute atomic E-state index is 0.180. The van der Waals surface area contributed by atoms with Gasteiger partial charge in [0.1, 0.15) is 5.82 Å². The van der Waals surface area contributed by atoms with E-state index >= 15 is 0 Å². The molecule has 1 aromatic rings. The minimum atomic E-state index is -0.180. The molecule has 11 heavy (non-hydrogen) atoms. The van der Waals surface area contributed by atoms with Crippen LogP contribution in [0.1, 0.15) is 5.56 Å². The highest BCUT2D eigenvalue weighted by atomic mass is 32.2. The molecular formula is C8H10FNS. The maximum atomic E-state index is 13.0. The summed E-state index contributed by atoms with van der Waals surface area (Å²) in [7, 11) is 0. The first-order valence-electron chi connectivity index (χ1n) is 3.31. The molecule has 0 saturated carbocycles. The van der Waals surface area contributed by atoms with E-state index in [0.29, 0.717) is 11.4 Å². The van der Waals surface area contributed by atoms with Gasteiger partial charge in [-0.2, -0.15) is 0 Å². The molecule has 0 radical (unpaired) electrons. The second-order valence-electron chi connectivity index (χ2n) is 2.14. The standard InChI is InChI=1S/C8H10FNS/c1-11-8-6(5-10)3-2-4-7(8)9/h2-4H,5,10H2,1H3. The van der Waals surface area contributed by atoms with Crippen molar-refractivity contribution in [2.75, 3.05) is 6.26 Å². The first kappa shape index (κ1) is 8.56. The van der Waals surface area contributed by atoms with Gasteiger partial charge in [0.15, 0.2) is 0 Å². The molecule has 1 aromatic carbocycles. The summed E-state index contributed by atoms with van der Waals surface area (Å²) in [6.07, 6.45) is 1.84. The van der Waals surface area contributed by atoms with Crippen LogP contribution in [0.4, 0.5) is 4.39 Å². The molecule has 0 saturated heterocycles. The summed E-state index contributed by atoms with van der Waals surface area (Å²) in [5.41, 5.74) is 6.29. The van der Waals surface area contributed by atoms with Crippen molar-refractivity contribution in [3.63, 3.8) is 0 Å². The molecule has 60 valence electrons. The Morgan fingerprint density at radius 2 is 2.27 bits per heavy atom. The van der Waals surface area contributed by atoms with Gasteiger partial charge < -0.3 is 5.73 Å². The third-order valence-electron chi connectivity index (χ3n) is 1.47. The second kappa shape index (κ2) is 3.74. The molecule has 0 aromatic heterocycles. The highest BCUT2D eigenvalue weighted by Crippen LogP contribution is 2.22. The number of hydrogen-bond acceptors (Lipinski definition) is 2. The molecule has 0 atom stereocenters. The molecule has 3 heteroatoms. The maximum Gasteiger partial charge on any atom is 0.137 e. The monoisotopic (exact) mass is 171 g/mol. The van der Waals surface area contributed by atoms with E-state index in [1.54, 1.807) is 6.07 Å². The first-order chi connectivity index (χ1) is 5.29. The Kier molecular flexibility index (Phi) is 2.91. The minimum Gasteiger partial charge on any atom is -0.326 e. The molecule has 0 bridgehead atoms. The Morgan fingerprint density at radius 3 is 2.73 bits per heavy atom. The lowest BCUT2D eigenvalue weighted by Crippen LogP contribution is -1.99. The fraction of sp³-hybridized carbons (Fsp3) is 0.250. The van der Waals surface area contributed by atoms with Crippen molar-refractivity contribution in [2.45, 2.75) is 11.4 Å². The summed E-state index contributed by atoms with van der Waals surface area (Å²) >= 11 is 1.39. The average Bonchev–Trinajstić information content (AvgIpc) is 2.04. The molecule has 1 rings (SSSR count). The molecule has 0 unspecified atom stereocenters.